The first-order chi connectivity index (χ1) is 15.1. The summed E-state index contributed by atoms with van der Waals surface area (Å²) in [7, 11) is 0. The number of hydrogen-bond acceptors (Lipinski definition) is 6. The number of nitrogens with zero attached hydrogens (tertiary/aromatic N) is 3. The lowest BCUT2D eigenvalue weighted by Crippen LogP contribution is -2.46. The van der Waals surface area contributed by atoms with Gasteiger partial charge in [0.15, 0.2) is 11.5 Å². The standard InChI is InChI=1S/C22H28N4O5/c27-20(13-26-21(28)25-9-3-1-2-4-19(25)24-26)23-14-22(7-10-29-11-8-22)16-5-6-17-18(12-16)31-15-30-17/h5-6,12H,1-4,7-11,13-15H2,(H,23,27). The third-order valence-electron chi connectivity index (χ3n) is 6.63. The molecule has 1 amide bonds. The number of carbonyl (C=O) groups excluding carboxylic acids is 1. The van der Waals surface area contributed by atoms with Gasteiger partial charge in [-0.3, -0.25) is 9.36 Å². The molecule has 9 heteroatoms. The van der Waals surface area contributed by atoms with Crippen LogP contribution in [0.4, 0.5) is 0 Å². The summed E-state index contributed by atoms with van der Waals surface area (Å²) in [5, 5.41) is 7.47. The van der Waals surface area contributed by atoms with E-state index in [1.807, 2.05) is 18.2 Å². The van der Waals surface area contributed by atoms with Crippen LogP contribution in [0.15, 0.2) is 23.0 Å². The van der Waals surface area contributed by atoms with Gasteiger partial charge in [0.2, 0.25) is 12.7 Å². The first kappa shape index (κ1) is 20.1. The summed E-state index contributed by atoms with van der Waals surface area (Å²) in [6.45, 7) is 2.59. The van der Waals surface area contributed by atoms with Crippen molar-refractivity contribution in [2.24, 2.45) is 0 Å². The zero-order valence-corrected chi connectivity index (χ0v) is 17.6. The summed E-state index contributed by atoms with van der Waals surface area (Å²) < 4.78 is 19.6. The van der Waals surface area contributed by atoms with Gasteiger partial charge in [0.05, 0.1) is 0 Å². The minimum atomic E-state index is -0.245. The number of fused-ring (bicyclic) bond motifs is 2. The molecule has 1 N–H and O–H groups in total. The summed E-state index contributed by atoms with van der Waals surface area (Å²) in [6, 6.07) is 5.98. The van der Waals surface area contributed by atoms with Crippen molar-refractivity contribution in [3.63, 3.8) is 0 Å². The fourth-order valence-electron chi connectivity index (χ4n) is 4.74. The molecule has 3 aliphatic heterocycles. The summed E-state index contributed by atoms with van der Waals surface area (Å²) in [5.74, 6) is 2.06. The van der Waals surface area contributed by atoms with Crippen molar-refractivity contribution in [3.05, 3.63) is 40.1 Å². The Bertz CT molecular complexity index is 1020. The predicted molar refractivity (Wildman–Crippen MR) is 111 cm³/mol. The molecule has 0 saturated carbocycles. The Labute approximate surface area is 180 Å². The number of hydrogen-bond donors (Lipinski definition) is 1. The van der Waals surface area contributed by atoms with Crippen molar-refractivity contribution >= 4 is 5.91 Å². The Hall–Kier alpha value is -2.81. The van der Waals surface area contributed by atoms with Crippen LogP contribution >= 0.6 is 0 Å². The molecule has 0 bridgehead atoms. The van der Waals surface area contributed by atoms with Crippen molar-refractivity contribution in [1.82, 2.24) is 19.7 Å². The molecule has 1 aromatic heterocycles. The minimum Gasteiger partial charge on any atom is -0.454 e. The van der Waals surface area contributed by atoms with E-state index in [2.05, 4.69) is 10.4 Å². The van der Waals surface area contributed by atoms with Crippen LogP contribution in [-0.2, 0) is 34.5 Å². The molecule has 1 aromatic carbocycles. The van der Waals surface area contributed by atoms with Crippen molar-refractivity contribution in [2.45, 2.75) is 57.0 Å². The lowest BCUT2D eigenvalue weighted by molar-refractivity contribution is -0.122. The van der Waals surface area contributed by atoms with Crippen molar-refractivity contribution in [2.75, 3.05) is 26.6 Å². The van der Waals surface area contributed by atoms with Crippen molar-refractivity contribution in [1.29, 1.82) is 0 Å². The molecule has 0 unspecified atom stereocenters. The first-order valence-electron chi connectivity index (χ1n) is 11.1. The van der Waals surface area contributed by atoms with Gasteiger partial charge in [-0.2, -0.15) is 5.10 Å². The third kappa shape index (κ3) is 3.94. The zero-order valence-electron chi connectivity index (χ0n) is 17.6. The van der Waals surface area contributed by atoms with Gasteiger partial charge in [-0.1, -0.05) is 12.5 Å². The Balaban J connectivity index is 1.30. The minimum absolute atomic E-state index is 0.0629. The second kappa shape index (κ2) is 8.37. The van der Waals surface area contributed by atoms with Crippen molar-refractivity contribution < 1.29 is 19.0 Å². The second-order valence-electron chi connectivity index (χ2n) is 8.56. The van der Waals surface area contributed by atoms with E-state index < -0.39 is 0 Å². The number of aromatic nitrogens is 3. The topological polar surface area (TPSA) is 96.6 Å². The first-order valence-corrected chi connectivity index (χ1v) is 11.1. The summed E-state index contributed by atoms with van der Waals surface area (Å²) in [6.07, 6.45) is 5.50. The molecule has 0 aliphatic carbocycles. The molecule has 0 spiro atoms. The predicted octanol–water partition coefficient (Wildman–Crippen LogP) is 1.36. The van der Waals surface area contributed by atoms with E-state index in [-0.39, 0.29) is 30.3 Å². The summed E-state index contributed by atoms with van der Waals surface area (Å²) >= 11 is 0. The highest BCUT2D eigenvalue weighted by atomic mass is 16.7. The molecular weight excluding hydrogens is 400 g/mol. The Morgan fingerprint density at radius 3 is 2.84 bits per heavy atom. The van der Waals surface area contributed by atoms with Crippen LogP contribution in [0.25, 0.3) is 0 Å². The van der Waals surface area contributed by atoms with Crippen LogP contribution in [0.1, 0.15) is 43.5 Å². The van der Waals surface area contributed by atoms with Gasteiger partial charge in [-0.15, -0.1) is 0 Å². The van der Waals surface area contributed by atoms with Crippen LogP contribution in [-0.4, -0.2) is 46.8 Å². The molecule has 9 nitrogen and oxygen atoms in total. The van der Waals surface area contributed by atoms with Gasteiger partial charge in [-0.05, 0) is 43.4 Å². The lowest BCUT2D eigenvalue weighted by Gasteiger charge is -2.38. The fourth-order valence-corrected chi connectivity index (χ4v) is 4.74. The smallest absolute Gasteiger partial charge is 0.346 e. The fraction of sp³-hybridized carbons (Fsp3) is 0.591. The van der Waals surface area contributed by atoms with Gasteiger partial charge in [0, 0.05) is 38.1 Å². The highest BCUT2D eigenvalue weighted by Gasteiger charge is 2.36. The van der Waals surface area contributed by atoms with Crippen LogP contribution in [0.3, 0.4) is 0 Å². The van der Waals surface area contributed by atoms with E-state index in [0.717, 1.165) is 61.4 Å². The summed E-state index contributed by atoms with van der Waals surface area (Å²) in [5.41, 5.74) is 0.667. The Kier molecular flexibility index (Phi) is 5.43. The van der Waals surface area contributed by atoms with Gasteiger partial charge in [0.1, 0.15) is 12.4 Å². The Morgan fingerprint density at radius 1 is 1.13 bits per heavy atom. The maximum Gasteiger partial charge on any atom is 0.346 e. The largest absolute Gasteiger partial charge is 0.454 e. The number of amides is 1. The lowest BCUT2D eigenvalue weighted by atomic mass is 9.74. The van der Waals surface area contributed by atoms with E-state index in [9.17, 15) is 9.59 Å². The van der Waals surface area contributed by atoms with Gasteiger partial charge < -0.3 is 19.5 Å². The molecule has 0 atom stereocenters. The maximum absolute atomic E-state index is 12.8. The maximum atomic E-state index is 12.8. The average Bonchev–Trinajstić information content (AvgIpc) is 3.29. The molecule has 5 rings (SSSR count). The van der Waals surface area contributed by atoms with Crippen LogP contribution < -0.4 is 20.5 Å². The number of rotatable bonds is 5. The number of carbonyl (C=O) groups is 1. The molecule has 1 fully saturated rings. The molecule has 166 valence electrons. The monoisotopic (exact) mass is 428 g/mol. The number of ether oxygens (including phenoxy) is 3. The van der Waals surface area contributed by atoms with E-state index in [1.54, 1.807) is 4.57 Å². The highest BCUT2D eigenvalue weighted by molar-refractivity contribution is 5.75. The van der Waals surface area contributed by atoms with Gasteiger partial charge >= 0.3 is 5.69 Å². The molecule has 3 aliphatic rings. The summed E-state index contributed by atoms with van der Waals surface area (Å²) in [4.78, 5) is 25.4. The van der Waals surface area contributed by atoms with E-state index in [1.165, 1.54) is 4.68 Å². The van der Waals surface area contributed by atoms with Crippen LogP contribution in [0.5, 0.6) is 11.5 Å². The normalized spacial score (nSPS) is 19.5. The van der Waals surface area contributed by atoms with Crippen molar-refractivity contribution in [3.8, 4) is 11.5 Å². The molecular formula is C22H28N4O5. The van der Waals surface area contributed by atoms with Crippen LogP contribution in [0, 0.1) is 0 Å². The van der Waals surface area contributed by atoms with E-state index in [0.29, 0.717) is 26.3 Å². The van der Waals surface area contributed by atoms with Gasteiger partial charge in [-0.25, -0.2) is 9.48 Å². The number of aryl methyl sites for hydroxylation is 1. The molecule has 0 radical (unpaired) electrons. The molecule has 1 saturated heterocycles. The SMILES string of the molecule is O=C(Cn1nc2n(c1=O)CCCCC2)NCC1(c2ccc3c(c2)OCO3)CCOCC1. The number of benzene rings is 1. The Morgan fingerprint density at radius 2 is 1.97 bits per heavy atom. The van der Waals surface area contributed by atoms with Crippen LogP contribution in [0.2, 0.25) is 0 Å². The van der Waals surface area contributed by atoms with E-state index >= 15 is 0 Å². The van der Waals surface area contributed by atoms with Gasteiger partial charge in [0.25, 0.3) is 0 Å². The number of nitrogens with one attached hydrogen (secondary N) is 1. The molecule has 2 aromatic rings. The third-order valence-corrected chi connectivity index (χ3v) is 6.63. The quantitative estimate of drug-likeness (QED) is 0.773. The molecule has 4 heterocycles. The van der Waals surface area contributed by atoms with E-state index in [4.69, 9.17) is 14.2 Å². The average molecular weight is 428 g/mol. The highest BCUT2D eigenvalue weighted by Crippen LogP contribution is 2.40. The second-order valence-corrected chi connectivity index (χ2v) is 8.56. The zero-order chi connectivity index (χ0) is 21.3. The molecule has 31 heavy (non-hydrogen) atoms.